The van der Waals surface area contributed by atoms with E-state index in [0.29, 0.717) is 10.8 Å². The average molecular weight is 292 g/mol. The van der Waals surface area contributed by atoms with E-state index in [1.165, 1.54) is 18.4 Å². The van der Waals surface area contributed by atoms with E-state index in [9.17, 15) is 0 Å². The Morgan fingerprint density at radius 1 is 1.29 bits per heavy atom. The molecule has 1 heterocycles. The average Bonchev–Trinajstić information content (AvgIpc) is 2.61. The van der Waals surface area contributed by atoms with Crippen LogP contribution in [0.3, 0.4) is 0 Å². The van der Waals surface area contributed by atoms with Crippen molar-refractivity contribution in [2.24, 2.45) is 16.7 Å². The number of halogens is 1. The fourth-order valence-corrected chi connectivity index (χ4v) is 3.96. The van der Waals surface area contributed by atoms with Gasteiger partial charge in [-0.1, -0.05) is 32.9 Å². The van der Waals surface area contributed by atoms with Crippen molar-refractivity contribution in [1.29, 1.82) is 0 Å². The molecule has 0 radical (unpaired) electrons. The van der Waals surface area contributed by atoms with Gasteiger partial charge in [-0.15, -0.1) is 0 Å². The number of pyridine rings is 1. The van der Waals surface area contributed by atoms with E-state index in [4.69, 9.17) is 0 Å². The molecule has 90 valence electrons. The summed E-state index contributed by atoms with van der Waals surface area (Å²) in [6.45, 7) is 7.23. The van der Waals surface area contributed by atoms with E-state index in [2.05, 4.69) is 59.9 Å². The van der Waals surface area contributed by atoms with Crippen molar-refractivity contribution < 1.29 is 0 Å². The van der Waals surface area contributed by atoms with E-state index in [1.54, 1.807) is 0 Å². The monoisotopic (exact) mass is 291 g/mol. The predicted octanol–water partition coefficient (Wildman–Crippen LogP) is 4.68. The molecule has 17 heavy (non-hydrogen) atoms. The van der Waals surface area contributed by atoms with E-state index in [0.717, 1.165) is 16.2 Å². The van der Waals surface area contributed by atoms with Crippen molar-refractivity contribution in [3.05, 3.63) is 34.6 Å². The minimum Gasteiger partial charge on any atom is -0.241 e. The first kappa shape index (κ1) is 11.5. The van der Waals surface area contributed by atoms with E-state index in [1.807, 2.05) is 6.07 Å². The van der Waals surface area contributed by atoms with Crippen molar-refractivity contribution in [3.8, 4) is 0 Å². The van der Waals surface area contributed by atoms with Gasteiger partial charge in [0, 0.05) is 0 Å². The third kappa shape index (κ3) is 1.40. The van der Waals surface area contributed by atoms with E-state index in [-0.39, 0.29) is 0 Å². The van der Waals surface area contributed by atoms with Crippen molar-refractivity contribution in [2.45, 2.75) is 33.6 Å². The number of aromatic nitrogens is 1. The van der Waals surface area contributed by atoms with Gasteiger partial charge in [-0.05, 0) is 63.2 Å². The molecule has 1 aromatic rings. The van der Waals surface area contributed by atoms with Gasteiger partial charge in [0.05, 0.1) is 5.69 Å². The molecular weight excluding hydrogens is 274 g/mol. The third-order valence-electron chi connectivity index (χ3n) is 5.26. The second-order valence-electron chi connectivity index (χ2n) is 6.12. The van der Waals surface area contributed by atoms with Gasteiger partial charge in [0.2, 0.25) is 0 Å². The third-order valence-corrected chi connectivity index (χ3v) is 5.70. The highest BCUT2D eigenvalue weighted by Gasteiger charge is 2.57. The van der Waals surface area contributed by atoms with Crippen LogP contribution in [0, 0.1) is 16.7 Å². The number of nitrogens with zero attached hydrogens (tertiary/aromatic N) is 1. The van der Waals surface area contributed by atoms with Crippen LogP contribution in [0.5, 0.6) is 0 Å². The minimum atomic E-state index is 0.297. The zero-order valence-corrected chi connectivity index (χ0v) is 12.2. The number of hydrogen-bond donors (Lipinski definition) is 0. The quantitative estimate of drug-likeness (QED) is 0.685. The lowest BCUT2D eigenvalue weighted by Crippen LogP contribution is -2.29. The summed E-state index contributed by atoms with van der Waals surface area (Å²) >= 11 is 3.47. The summed E-state index contributed by atoms with van der Waals surface area (Å²) in [6.07, 6.45) is 5.10. The highest BCUT2D eigenvalue weighted by atomic mass is 79.9. The second-order valence-corrected chi connectivity index (χ2v) is 6.94. The molecular formula is C15H18BrN. The zero-order chi connectivity index (χ0) is 12.3. The van der Waals surface area contributed by atoms with Crippen LogP contribution in [0.25, 0.3) is 5.57 Å². The van der Waals surface area contributed by atoms with Crippen LogP contribution in [0.2, 0.25) is 0 Å². The van der Waals surface area contributed by atoms with Crippen molar-refractivity contribution in [2.75, 3.05) is 0 Å². The number of rotatable bonds is 1. The SMILES string of the molecule is CC1(C)[C@H]2C=C(c3cccc(Br)n3)[C@]1(C)CC2. The molecule has 1 saturated carbocycles. The Morgan fingerprint density at radius 2 is 2.06 bits per heavy atom. The normalized spacial score (nSPS) is 33.9. The van der Waals surface area contributed by atoms with E-state index >= 15 is 0 Å². The molecule has 0 saturated heterocycles. The Kier molecular flexibility index (Phi) is 2.32. The summed E-state index contributed by atoms with van der Waals surface area (Å²) in [7, 11) is 0. The predicted molar refractivity (Wildman–Crippen MR) is 74.5 cm³/mol. The Labute approximate surface area is 111 Å². The summed E-state index contributed by atoms with van der Waals surface area (Å²) in [5.41, 5.74) is 3.29. The summed E-state index contributed by atoms with van der Waals surface area (Å²) in [6, 6.07) is 6.21. The molecule has 0 N–H and O–H groups in total. The molecule has 2 aliphatic carbocycles. The lowest BCUT2D eigenvalue weighted by molar-refractivity contribution is 0.189. The van der Waals surface area contributed by atoms with Crippen LogP contribution in [-0.2, 0) is 0 Å². The molecule has 3 rings (SSSR count). The van der Waals surface area contributed by atoms with Crippen LogP contribution in [0.1, 0.15) is 39.3 Å². The lowest BCUT2D eigenvalue weighted by Gasteiger charge is -2.37. The first-order chi connectivity index (χ1) is 7.95. The molecule has 2 heteroatoms. The van der Waals surface area contributed by atoms with Crippen LogP contribution < -0.4 is 0 Å². The van der Waals surface area contributed by atoms with Crippen LogP contribution in [-0.4, -0.2) is 4.98 Å². The molecule has 1 nitrogen and oxygen atoms in total. The van der Waals surface area contributed by atoms with Gasteiger partial charge in [0.15, 0.2) is 0 Å². The Balaban J connectivity index is 2.10. The number of hydrogen-bond acceptors (Lipinski definition) is 1. The molecule has 2 aliphatic rings. The molecule has 0 amide bonds. The number of allylic oxidation sites excluding steroid dienone is 2. The molecule has 1 fully saturated rings. The molecule has 0 unspecified atom stereocenters. The Bertz CT molecular complexity index is 503. The van der Waals surface area contributed by atoms with Gasteiger partial charge < -0.3 is 0 Å². The lowest BCUT2D eigenvalue weighted by atomic mass is 9.67. The molecule has 2 bridgehead atoms. The van der Waals surface area contributed by atoms with Crippen LogP contribution in [0.15, 0.2) is 28.9 Å². The van der Waals surface area contributed by atoms with Gasteiger partial charge in [-0.25, -0.2) is 4.98 Å². The maximum absolute atomic E-state index is 4.63. The molecule has 0 aromatic carbocycles. The topological polar surface area (TPSA) is 12.9 Å². The highest BCUT2D eigenvalue weighted by Crippen LogP contribution is 2.67. The highest BCUT2D eigenvalue weighted by molar-refractivity contribution is 9.10. The van der Waals surface area contributed by atoms with E-state index < -0.39 is 0 Å². The maximum Gasteiger partial charge on any atom is 0.106 e. The molecule has 0 aliphatic heterocycles. The van der Waals surface area contributed by atoms with Crippen molar-refractivity contribution in [1.82, 2.24) is 4.98 Å². The number of fused-ring (bicyclic) bond motifs is 2. The van der Waals surface area contributed by atoms with Crippen LogP contribution in [0.4, 0.5) is 0 Å². The van der Waals surface area contributed by atoms with Gasteiger partial charge >= 0.3 is 0 Å². The van der Waals surface area contributed by atoms with Gasteiger partial charge in [0.25, 0.3) is 0 Å². The fourth-order valence-electron chi connectivity index (χ4n) is 3.62. The van der Waals surface area contributed by atoms with Gasteiger partial charge in [-0.2, -0.15) is 0 Å². The summed E-state index contributed by atoms with van der Waals surface area (Å²) in [5.74, 6) is 0.725. The molecule has 1 aromatic heterocycles. The summed E-state index contributed by atoms with van der Waals surface area (Å²) < 4.78 is 0.931. The summed E-state index contributed by atoms with van der Waals surface area (Å²) in [5, 5.41) is 0. The fraction of sp³-hybridized carbons (Fsp3) is 0.533. The smallest absolute Gasteiger partial charge is 0.106 e. The van der Waals surface area contributed by atoms with Crippen molar-refractivity contribution in [3.63, 3.8) is 0 Å². The molecule has 2 atom stereocenters. The summed E-state index contributed by atoms with van der Waals surface area (Å²) in [4.78, 5) is 4.63. The first-order valence-corrected chi connectivity index (χ1v) is 7.10. The Morgan fingerprint density at radius 3 is 2.59 bits per heavy atom. The van der Waals surface area contributed by atoms with Gasteiger partial charge in [-0.3, -0.25) is 0 Å². The standard InChI is InChI=1S/C15H18BrN/c1-14(2)10-7-8-15(14,3)11(9-10)12-5-4-6-13(16)17-12/h4-6,9-10H,7-8H2,1-3H3/t10-,15+/m1/s1. The zero-order valence-electron chi connectivity index (χ0n) is 10.6. The molecule has 0 spiro atoms. The maximum atomic E-state index is 4.63. The Hall–Kier alpha value is -0.630. The first-order valence-electron chi connectivity index (χ1n) is 6.30. The van der Waals surface area contributed by atoms with Crippen molar-refractivity contribution >= 4 is 21.5 Å². The van der Waals surface area contributed by atoms with Crippen LogP contribution >= 0.6 is 15.9 Å². The second kappa shape index (κ2) is 3.44. The minimum absolute atomic E-state index is 0.297. The van der Waals surface area contributed by atoms with Gasteiger partial charge in [0.1, 0.15) is 4.60 Å². The largest absolute Gasteiger partial charge is 0.241 e.